The van der Waals surface area contributed by atoms with E-state index < -0.39 is 51.8 Å². The summed E-state index contributed by atoms with van der Waals surface area (Å²) in [6.07, 6.45) is 47.8. The van der Waals surface area contributed by atoms with Crippen LogP contribution in [0.1, 0.15) is 117 Å². The van der Waals surface area contributed by atoms with Crippen LogP contribution in [0.15, 0.2) is 109 Å². The minimum atomic E-state index is -4.64. The quantitative estimate of drug-likeness (QED) is 0.0186. The maximum Gasteiger partial charge on any atom is 0.472 e. The van der Waals surface area contributed by atoms with E-state index >= 15 is 0 Å². The van der Waals surface area contributed by atoms with Gasteiger partial charge in [0.2, 0.25) is 0 Å². The van der Waals surface area contributed by atoms with Gasteiger partial charge in [-0.25, -0.2) is 4.57 Å². The Bertz CT molecular complexity index is 1270. The van der Waals surface area contributed by atoms with Crippen LogP contribution in [-0.2, 0) is 32.7 Å². The summed E-state index contributed by atoms with van der Waals surface area (Å²) >= 11 is 0. The van der Waals surface area contributed by atoms with Crippen LogP contribution in [0.4, 0.5) is 0 Å². The summed E-state index contributed by atoms with van der Waals surface area (Å²) in [5.74, 6) is -1.04. The average Bonchev–Trinajstić information content (AvgIpc) is 3.17. The molecule has 0 spiro atoms. The van der Waals surface area contributed by atoms with E-state index in [9.17, 15) is 24.2 Å². The van der Waals surface area contributed by atoms with Crippen molar-refractivity contribution in [2.75, 3.05) is 26.4 Å². The summed E-state index contributed by atoms with van der Waals surface area (Å²) in [5, 5.41) is 18.3. The molecule has 0 saturated heterocycles. The number of ether oxygens (including phenoxy) is 2. The number of unbranched alkanes of at least 4 members (excludes halogenated alkanes) is 6. The predicted octanol–water partition coefficient (Wildman–Crippen LogP) is 10.2. The molecule has 0 aliphatic heterocycles. The highest BCUT2D eigenvalue weighted by Crippen LogP contribution is 2.43. The second-order valence-electron chi connectivity index (χ2n) is 12.6. The highest BCUT2D eigenvalue weighted by molar-refractivity contribution is 7.47. The van der Waals surface area contributed by atoms with Crippen molar-refractivity contribution < 1.29 is 47.8 Å². The molecule has 310 valence electrons. The Hall–Kier alpha value is -3.37. The Morgan fingerprint density at radius 2 is 1.05 bits per heavy atom. The summed E-state index contributed by atoms with van der Waals surface area (Å²) < 4.78 is 32.6. The number of aliphatic hydroxyl groups excluding tert-OH is 2. The first kappa shape index (κ1) is 51.6. The Morgan fingerprint density at radius 3 is 1.67 bits per heavy atom. The lowest BCUT2D eigenvalue weighted by atomic mass is 10.1. The highest BCUT2D eigenvalue weighted by Gasteiger charge is 2.27. The smallest absolute Gasteiger partial charge is 0.462 e. The largest absolute Gasteiger partial charge is 0.472 e. The molecule has 0 rings (SSSR count). The number of esters is 2. The SMILES string of the molecule is CC/C=C/C=C/C=C/C=C/CCCCCCCC(=O)OC[C@H](COP(=O)(O)OC[C@@H](O)CO)OC(=O)CCC/C=C/C/C=C/C/C=C/C/C=C/C/C=C/CC. The molecule has 0 amide bonds. The van der Waals surface area contributed by atoms with Gasteiger partial charge in [0.1, 0.15) is 12.7 Å². The molecule has 0 fully saturated rings. The van der Waals surface area contributed by atoms with Gasteiger partial charge in [-0.3, -0.25) is 18.6 Å². The molecule has 3 atom stereocenters. The molecule has 10 nitrogen and oxygen atoms in total. The number of rotatable bonds is 35. The summed E-state index contributed by atoms with van der Waals surface area (Å²) in [6, 6.07) is 0. The van der Waals surface area contributed by atoms with Crippen molar-refractivity contribution in [2.24, 2.45) is 0 Å². The van der Waals surface area contributed by atoms with Crippen molar-refractivity contribution in [1.82, 2.24) is 0 Å². The predicted molar refractivity (Wildman–Crippen MR) is 223 cm³/mol. The summed E-state index contributed by atoms with van der Waals surface area (Å²) in [7, 11) is -4.64. The van der Waals surface area contributed by atoms with E-state index in [-0.39, 0.29) is 19.4 Å². The van der Waals surface area contributed by atoms with Gasteiger partial charge in [-0.05, 0) is 70.6 Å². The van der Waals surface area contributed by atoms with Gasteiger partial charge in [-0.1, -0.05) is 142 Å². The van der Waals surface area contributed by atoms with Crippen molar-refractivity contribution in [2.45, 2.75) is 129 Å². The number of allylic oxidation sites excluding steroid dienone is 18. The van der Waals surface area contributed by atoms with Crippen LogP contribution < -0.4 is 0 Å². The van der Waals surface area contributed by atoms with Crippen LogP contribution in [0, 0.1) is 0 Å². The number of carbonyl (C=O) groups is 2. The summed E-state index contributed by atoms with van der Waals surface area (Å²) in [5.41, 5.74) is 0. The number of phosphoric acid groups is 1. The van der Waals surface area contributed by atoms with Gasteiger partial charge in [0, 0.05) is 12.8 Å². The molecule has 0 heterocycles. The highest BCUT2D eigenvalue weighted by atomic mass is 31.2. The van der Waals surface area contributed by atoms with Crippen molar-refractivity contribution in [1.29, 1.82) is 0 Å². The Balaban J connectivity index is 4.52. The maximum atomic E-state index is 12.6. The van der Waals surface area contributed by atoms with E-state index in [4.69, 9.17) is 19.1 Å². The molecule has 0 aliphatic carbocycles. The number of aliphatic hydroxyl groups is 2. The van der Waals surface area contributed by atoms with E-state index in [1.165, 1.54) is 0 Å². The standard InChI is InChI=1S/C44H69O10P/c1-3-5-7-9-11-13-15-17-19-20-22-24-26-28-30-32-34-36-44(48)54-42(40-53-55(49,50)52-38-41(46)37-45)39-51-43(47)35-33-31-29-27-25-23-21-18-16-14-12-10-8-6-4-2/h5-8,10-14,16-19,21-22,24,28,30,41-42,45-46H,3-4,9,15,20,23,25-27,29,31-40H2,1-2H3,(H,49,50)/b7-5+,8-6+,12-10+,13-11+,16-14+,19-17+,21-18+,24-22+,30-28+/t41-,42+/m0/s1. The third-order valence-corrected chi connectivity index (χ3v) is 8.47. The Kier molecular flexibility index (Phi) is 36.5. The fraction of sp³-hybridized carbons (Fsp3) is 0.545. The number of phosphoric ester groups is 1. The minimum absolute atomic E-state index is 0.0928. The molecule has 0 bridgehead atoms. The first-order chi connectivity index (χ1) is 26.7. The van der Waals surface area contributed by atoms with Gasteiger partial charge in [-0.15, -0.1) is 0 Å². The topological polar surface area (TPSA) is 149 Å². The molecule has 3 N–H and O–H groups in total. The van der Waals surface area contributed by atoms with Crippen LogP contribution >= 0.6 is 7.82 Å². The number of carbonyl (C=O) groups excluding carboxylic acids is 2. The van der Waals surface area contributed by atoms with Crippen LogP contribution in [-0.4, -0.2) is 65.7 Å². The number of hydrogen-bond acceptors (Lipinski definition) is 9. The molecule has 11 heteroatoms. The van der Waals surface area contributed by atoms with Gasteiger partial charge >= 0.3 is 19.8 Å². The molecule has 0 aromatic heterocycles. The lowest BCUT2D eigenvalue weighted by Gasteiger charge is -2.20. The van der Waals surface area contributed by atoms with E-state index in [2.05, 4.69) is 79.1 Å². The maximum absolute atomic E-state index is 12.6. The zero-order valence-corrected chi connectivity index (χ0v) is 34.2. The minimum Gasteiger partial charge on any atom is -0.462 e. The van der Waals surface area contributed by atoms with Crippen molar-refractivity contribution in [3.8, 4) is 0 Å². The van der Waals surface area contributed by atoms with E-state index in [1.54, 1.807) is 0 Å². The third-order valence-electron chi connectivity index (χ3n) is 7.52. The van der Waals surface area contributed by atoms with Crippen molar-refractivity contribution >= 4 is 19.8 Å². The molecule has 1 unspecified atom stereocenters. The van der Waals surface area contributed by atoms with E-state index in [0.29, 0.717) is 19.3 Å². The first-order valence-corrected chi connectivity index (χ1v) is 21.4. The molecule has 0 aromatic rings. The fourth-order valence-corrected chi connectivity index (χ4v) is 5.30. The van der Waals surface area contributed by atoms with Gasteiger partial charge in [0.15, 0.2) is 6.10 Å². The second-order valence-corrected chi connectivity index (χ2v) is 14.1. The van der Waals surface area contributed by atoms with Gasteiger partial charge in [-0.2, -0.15) is 0 Å². The molecule has 0 radical (unpaired) electrons. The third kappa shape index (κ3) is 38.7. The zero-order chi connectivity index (χ0) is 40.5. The van der Waals surface area contributed by atoms with Crippen LogP contribution in [0.2, 0.25) is 0 Å². The molecule has 55 heavy (non-hydrogen) atoms. The second kappa shape index (κ2) is 38.9. The molecular weight excluding hydrogens is 719 g/mol. The summed E-state index contributed by atoms with van der Waals surface area (Å²) in [6.45, 7) is 1.99. The van der Waals surface area contributed by atoms with E-state index in [1.807, 2.05) is 48.6 Å². The average molecular weight is 789 g/mol. The normalized spacial score (nSPS) is 15.1. The molecule has 0 aromatic carbocycles. The zero-order valence-electron chi connectivity index (χ0n) is 33.3. The fourth-order valence-electron chi connectivity index (χ4n) is 4.51. The Morgan fingerprint density at radius 1 is 0.564 bits per heavy atom. The van der Waals surface area contributed by atoms with Crippen LogP contribution in [0.25, 0.3) is 0 Å². The number of hydrogen-bond donors (Lipinski definition) is 3. The van der Waals surface area contributed by atoms with E-state index in [0.717, 1.165) is 70.6 Å². The monoisotopic (exact) mass is 788 g/mol. The van der Waals surface area contributed by atoms with Gasteiger partial charge in [0.25, 0.3) is 0 Å². The van der Waals surface area contributed by atoms with Crippen molar-refractivity contribution in [3.05, 3.63) is 109 Å². The molecule has 0 aliphatic rings. The van der Waals surface area contributed by atoms with Crippen molar-refractivity contribution in [3.63, 3.8) is 0 Å². The Labute approximate surface area is 331 Å². The first-order valence-electron chi connectivity index (χ1n) is 19.9. The van der Waals surface area contributed by atoms with Crippen LogP contribution in [0.5, 0.6) is 0 Å². The lowest BCUT2D eigenvalue weighted by molar-refractivity contribution is -0.161. The summed E-state index contributed by atoms with van der Waals surface area (Å²) in [4.78, 5) is 34.9. The lowest BCUT2D eigenvalue weighted by Crippen LogP contribution is -2.29. The van der Waals surface area contributed by atoms with Gasteiger partial charge in [0.05, 0.1) is 19.8 Å². The molecular formula is C44H69O10P. The molecule has 0 saturated carbocycles. The van der Waals surface area contributed by atoms with Gasteiger partial charge < -0.3 is 24.6 Å². The van der Waals surface area contributed by atoms with Crippen LogP contribution in [0.3, 0.4) is 0 Å².